The third-order valence-corrected chi connectivity index (χ3v) is 3.99. The standard InChI is InChI=1S/C14H20N4O2/c1-10(2)17-5-3-4-12(17)11-8-16-13(9-15-11)18-6-7-20-14(18)19/h8-10,12H,3-7H2,1-2H3/t12-/m0/s1. The fraction of sp³-hybridized carbons (Fsp3) is 0.643. The average molecular weight is 276 g/mol. The number of ether oxygens (including phenoxy) is 1. The van der Waals surface area contributed by atoms with Crippen molar-refractivity contribution < 1.29 is 9.53 Å². The summed E-state index contributed by atoms with van der Waals surface area (Å²) < 4.78 is 4.91. The predicted octanol–water partition coefficient (Wildman–Crippen LogP) is 1.98. The molecule has 2 fully saturated rings. The highest BCUT2D eigenvalue weighted by Crippen LogP contribution is 2.32. The number of rotatable bonds is 3. The van der Waals surface area contributed by atoms with E-state index in [2.05, 4.69) is 28.7 Å². The van der Waals surface area contributed by atoms with Crippen LogP contribution in [0.3, 0.4) is 0 Å². The van der Waals surface area contributed by atoms with Crippen LogP contribution in [0, 0.1) is 0 Å². The molecule has 1 amide bonds. The molecule has 6 nitrogen and oxygen atoms in total. The summed E-state index contributed by atoms with van der Waals surface area (Å²) in [5.41, 5.74) is 0.993. The summed E-state index contributed by atoms with van der Waals surface area (Å²) in [5.74, 6) is 0.574. The van der Waals surface area contributed by atoms with E-state index in [1.54, 1.807) is 12.4 Å². The van der Waals surface area contributed by atoms with Crippen LogP contribution in [-0.4, -0.2) is 46.7 Å². The Morgan fingerprint density at radius 1 is 1.30 bits per heavy atom. The first-order chi connectivity index (χ1) is 9.66. The van der Waals surface area contributed by atoms with Crippen LogP contribution in [0.4, 0.5) is 10.6 Å². The number of nitrogens with zero attached hydrogens (tertiary/aromatic N) is 4. The van der Waals surface area contributed by atoms with Crippen LogP contribution >= 0.6 is 0 Å². The second-order valence-electron chi connectivity index (χ2n) is 5.56. The first-order valence-corrected chi connectivity index (χ1v) is 7.19. The van der Waals surface area contributed by atoms with E-state index in [4.69, 9.17) is 4.74 Å². The van der Waals surface area contributed by atoms with Gasteiger partial charge in [-0.05, 0) is 33.2 Å². The third-order valence-electron chi connectivity index (χ3n) is 3.99. The SMILES string of the molecule is CC(C)N1CCC[C@H]1c1cnc(N2CCOC2=O)cn1. The van der Waals surface area contributed by atoms with Crippen LogP contribution in [0.25, 0.3) is 0 Å². The van der Waals surface area contributed by atoms with Gasteiger partial charge >= 0.3 is 6.09 Å². The van der Waals surface area contributed by atoms with E-state index < -0.39 is 0 Å². The Labute approximate surface area is 118 Å². The predicted molar refractivity (Wildman–Crippen MR) is 74.5 cm³/mol. The van der Waals surface area contributed by atoms with Crippen molar-refractivity contribution in [2.75, 3.05) is 24.6 Å². The molecule has 3 heterocycles. The highest BCUT2D eigenvalue weighted by molar-refractivity contribution is 5.87. The Kier molecular flexibility index (Phi) is 3.56. The molecule has 0 aromatic carbocycles. The van der Waals surface area contributed by atoms with E-state index in [1.807, 2.05) is 0 Å². The molecule has 3 rings (SSSR count). The maximum Gasteiger partial charge on any atom is 0.415 e. The molecule has 0 bridgehead atoms. The van der Waals surface area contributed by atoms with E-state index in [0.717, 1.165) is 18.7 Å². The molecule has 1 aromatic rings. The molecule has 0 radical (unpaired) electrons. The fourth-order valence-electron chi connectivity index (χ4n) is 2.97. The highest BCUT2D eigenvalue weighted by Gasteiger charge is 2.30. The highest BCUT2D eigenvalue weighted by atomic mass is 16.6. The van der Waals surface area contributed by atoms with Crippen LogP contribution in [0.5, 0.6) is 0 Å². The summed E-state index contributed by atoms with van der Waals surface area (Å²) in [6, 6.07) is 0.861. The van der Waals surface area contributed by atoms with Crippen molar-refractivity contribution in [2.45, 2.75) is 38.8 Å². The van der Waals surface area contributed by atoms with Gasteiger partial charge in [-0.1, -0.05) is 0 Å². The molecule has 20 heavy (non-hydrogen) atoms. The Morgan fingerprint density at radius 3 is 2.75 bits per heavy atom. The number of hydrogen-bond acceptors (Lipinski definition) is 5. The van der Waals surface area contributed by atoms with E-state index in [-0.39, 0.29) is 6.09 Å². The first-order valence-electron chi connectivity index (χ1n) is 7.19. The molecule has 0 saturated carbocycles. The number of anilines is 1. The molecule has 2 saturated heterocycles. The van der Waals surface area contributed by atoms with Crippen molar-refractivity contribution in [3.63, 3.8) is 0 Å². The summed E-state index contributed by atoms with van der Waals surface area (Å²) in [6.45, 7) is 6.51. The molecule has 0 spiro atoms. The summed E-state index contributed by atoms with van der Waals surface area (Å²) in [4.78, 5) is 24.4. The maximum absolute atomic E-state index is 11.5. The van der Waals surface area contributed by atoms with Crippen LogP contribution in [0.2, 0.25) is 0 Å². The average Bonchev–Trinajstić information content (AvgIpc) is 3.07. The Morgan fingerprint density at radius 2 is 2.15 bits per heavy atom. The number of amides is 1. The molecular formula is C14H20N4O2. The summed E-state index contributed by atoms with van der Waals surface area (Å²) in [5, 5.41) is 0. The minimum absolute atomic E-state index is 0.336. The lowest BCUT2D eigenvalue weighted by atomic mass is 10.1. The summed E-state index contributed by atoms with van der Waals surface area (Å²) in [7, 11) is 0. The van der Waals surface area contributed by atoms with Gasteiger partial charge in [0.1, 0.15) is 6.61 Å². The largest absolute Gasteiger partial charge is 0.447 e. The van der Waals surface area contributed by atoms with Crippen LogP contribution in [0.15, 0.2) is 12.4 Å². The number of carbonyl (C=O) groups is 1. The van der Waals surface area contributed by atoms with Crippen molar-refractivity contribution in [1.29, 1.82) is 0 Å². The zero-order chi connectivity index (χ0) is 14.1. The van der Waals surface area contributed by atoms with E-state index in [0.29, 0.717) is 31.1 Å². The molecule has 1 aromatic heterocycles. The van der Waals surface area contributed by atoms with Gasteiger partial charge < -0.3 is 4.74 Å². The van der Waals surface area contributed by atoms with Gasteiger partial charge in [0.05, 0.1) is 30.7 Å². The van der Waals surface area contributed by atoms with Gasteiger partial charge in [0.25, 0.3) is 0 Å². The molecular weight excluding hydrogens is 256 g/mol. The number of aromatic nitrogens is 2. The molecule has 1 atom stereocenters. The second kappa shape index (κ2) is 5.36. The van der Waals surface area contributed by atoms with Gasteiger partial charge in [-0.25, -0.2) is 9.78 Å². The monoisotopic (exact) mass is 276 g/mol. The van der Waals surface area contributed by atoms with Crippen molar-refractivity contribution in [3.8, 4) is 0 Å². The Bertz CT molecular complexity index is 488. The molecule has 108 valence electrons. The van der Waals surface area contributed by atoms with E-state index in [9.17, 15) is 4.79 Å². The molecule has 2 aliphatic rings. The van der Waals surface area contributed by atoms with Gasteiger partial charge in [0.15, 0.2) is 5.82 Å². The first kappa shape index (κ1) is 13.3. The van der Waals surface area contributed by atoms with Crippen molar-refractivity contribution >= 4 is 11.9 Å². The molecule has 2 aliphatic heterocycles. The Hall–Kier alpha value is -1.69. The number of carbonyl (C=O) groups excluding carboxylic acids is 1. The normalized spacial score (nSPS) is 23.6. The summed E-state index contributed by atoms with van der Waals surface area (Å²) >= 11 is 0. The van der Waals surface area contributed by atoms with Gasteiger partial charge in [-0.3, -0.25) is 14.8 Å². The smallest absolute Gasteiger partial charge is 0.415 e. The van der Waals surface area contributed by atoms with Crippen molar-refractivity contribution in [2.24, 2.45) is 0 Å². The zero-order valence-electron chi connectivity index (χ0n) is 12.0. The lowest BCUT2D eigenvalue weighted by Crippen LogP contribution is -2.31. The lowest BCUT2D eigenvalue weighted by molar-refractivity contribution is 0.181. The Balaban J connectivity index is 1.77. The van der Waals surface area contributed by atoms with Gasteiger partial charge in [0, 0.05) is 6.04 Å². The number of hydrogen-bond donors (Lipinski definition) is 0. The molecule has 0 aliphatic carbocycles. The van der Waals surface area contributed by atoms with Crippen LogP contribution in [0.1, 0.15) is 38.4 Å². The minimum Gasteiger partial charge on any atom is -0.447 e. The van der Waals surface area contributed by atoms with Gasteiger partial charge in [0.2, 0.25) is 0 Å². The molecule has 0 N–H and O–H groups in total. The zero-order valence-corrected chi connectivity index (χ0v) is 12.0. The lowest BCUT2D eigenvalue weighted by Gasteiger charge is -2.27. The minimum atomic E-state index is -0.336. The quantitative estimate of drug-likeness (QED) is 0.845. The van der Waals surface area contributed by atoms with Crippen molar-refractivity contribution in [3.05, 3.63) is 18.1 Å². The van der Waals surface area contributed by atoms with Crippen LogP contribution < -0.4 is 4.90 Å². The van der Waals surface area contributed by atoms with Crippen molar-refractivity contribution in [1.82, 2.24) is 14.9 Å². The van der Waals surface area contributed by atoms with Gasteiger partial charge in [-0.15, -0.1) is 0 Å². The summed E-state index contributed by atoms with van der Waals surface area (Å²) in [6.07, 6.45) is 5.46. The topological polar surface area (TPSA) is 58.6 Å². The van der Waals surface area contributed by atoms with E-state index in [1.165, 1.54) is 11.3 Å². The fourth-order valence-corrected chi connectivity index (χ4v) is 2.97. The third kappa shape index (κ3) is 2.35. The maximum atomic E-state index is 11.5. The molecule has 0 unspecified atom stereocenters. The second-order valence-corrected chi connectivity index (χ2v) is 5.56. The van der Waals surface area contributed by atoms with Gasteiger partial charge in [-0.2, -0.15) is 0 Å². The number of likely N-dealkylation sites (tertiary alicyclic amines) is 1. The number of cyclic esters (lactones) is 1. The van der Waals surface area contributed by atoms with Crippen LogP contribution in [-0.2, 0) is 4.74 Å². The van der Waals surface area contributed by atoms with E-state index >= 15 is 0 Å². The molecule has 6 heteroatoms.